The molecule has 0 aliphatic rings. The Bertz CT molecular complexity index is 252. The van der Waals surface area contributed by atoms with Gasteiger partial charge in [-0.25, -0.2) is 0 Å². The molecule has 0 saturated heterocycles. The van der Waals surface area contributed by atoms with Gasteiger partial charge in [0.2, 0.25) is 0 Å². The Labute approximate surface area is 137 Å². The molecule has 21 heavy (non-hydrogen) atoms. The van der Waals surface area contributed by atoms with Gasteiger partial charge < -0.3 is 0 Å². The van der Waals surface area contributed by atoms with Crippen molar-refractivity contribution in [1.29, 1.82) is 0 Å². The molecule has 0 atom stereocenters. The standard InChI is InChI=1S/2C8H17.HO3P.Ti/c2*1-3-5-7-8-6-4-2;1-4(2)3;/h2*1,3-8H2,2H3;(H-,1,2,3);/q;;;-1/p+1. The van der Waals surface area contributed by atoms with E-state index in [-0.39, 0.29) is 0 Å². The fraction of sp³-hybridized carbons (Fsp3) is 1.00. The van der Waals surface area contributed by atoms with Crippen molar-refractivity contribution in [2.75, 3.05) is 0 Å². The van der Waals surface area contributed by atoms with Crippen LogP contribution in [-0.2, 0) is 21.9 Å². The van der Waals surface area contributed by atoms with Gasteiger partial charge in [-0.3, -0.25) is 0 Å². The van der Waals surface area contributed by atoms with Crippen molar-refractivity contribution in [1.82, 2.24) is 0 Å². The van der Waals surface area contributed by atoms with E-state index in [1.165, 1.54) is 51.4 Å². The molecule has 0 radical (unpaired) electrons. The monoisotopic (exact) mass is 355 g/mol. The van der Waals surface area contributed by atoms with E-state index in [0.717, 1.165) is 35.1 Å². The van der Waals surface area contributed by atoms with Crippen LogP contribution >= 0.6 is 5.59 Å². The van der Waals surface area contributed by atoms with Gasteiger partial charge in [0.15, 0.2) is 0 Å². The van der Waals surface area contributed by atoms with Crippen molar-refractivity contribution in [2.24, 2.45) is 0 Å². The first kappa shape index (κ1) is 21.9. The Hall–Kier alpha value is 0.864. The van der Waals surface area contributed by atoms with Gasteiger partial charge in [-0.2, -0.15) is 0 Å². The summed E-state index contributed by atoms with van der Waals surface area (Å²) in [6, 6.07) is 0. The molecule has 0 aliphatic heterocycles. The van der Waals surface area contributed by atoms with Crippen molar-refractivity contribution in [3.8, 4) is 0 Å². The molecule has 0 unspecified atom stereocenters. The molecule has 0 saturated carbocycles. The molecule has 0 aromatic carbocycles. The van der Waals surface area contributed by atoms with Gasteiger partial charge in [-0.05, 0) is 0 Å². The Morgan fingerprint density at radius 2 is 1.00 bits per heavy atom. The van der Waals surface area contributed by atoms with E-state index in [9.17, 15) is 14.4 Å². The molecule has 0 spiro atoms. The van der Waals surface area contributed by atoms with E-state index in [1.54, 1.807) is 0 Å². The van der Waals surface area contributed by atoms with E-state index >= 15 is 0 Å². The van der Waals surface area contributed by atoms with Crippen LogP contribution in [0, 0.1) is 0 Å². The zero-order valence-electron chi connectivity index (χ0n) is 14.1. The Balaban J connectivity index is 3.76. The van der Waals surface area contributed by atoms with Crippen molar-refractivity contribution in [3.05, 3.63) is 0 Å². The summed E-state index contributed by atoms with van der Waals surface area (Å²) in [4.78, 5) is 19.1. The van der Waals surface area contributed by atoms with Gasteiger partial charge in [0, 0.05) is 0 Å². The summed E-state index contributed by atoms with van der Waals surface area (Å²) in [6.45, 7) is 4.41. The second kappa shape index (κ2) is 14.5. The van der Waals surface area contributed by atoms with E-state index in [1.807, 2.05) is 0 Å². The quantitative estimate of drug-likeness (QED) is 0.207. The van der Waals surface area contributed by atoms with Crippen LogP contribution in [0.1, 0.15) is 90.9 Å². The third-order valence-corrected chi connectivity index (χ3v) is 13.5. The number of rotatable bonds is 15. The number of hydrogen-bond acceptors (Lipinski definition) is 1. The summed E-state index contributed by atoms with van der Waals surface area (Å²) >= 11 is -2.17. The Kier molecular flexibility index (Phi) is 15.1. The molecule has 0 amide bonds. The predicted octanol–water partition coefficient (Wildman–Crippen LogP) is 6.25. The summed E-state index contributed by atoms with van der Waals surface area (Å²) in [5, 5.41) is 0. The third-order valence-electron chi connectivity index (χ3n) is 4.05. The van der Waals surface area contributed by atoms with Gasteiger partial charge in [0.25, 0.3) is 0 Å². The molecule has 0 aromatic rings. The molecule has 0 heterocycles. The second-order valence-electron chi connectivity index (χ2n) is 6.15. The Morgan fingerprint density at radius 3 is 1.33 bits per heavy atom. The Morgan fingerprint density at radius 1 is 0.667 bits per heavy atom. The first-order valence-corrected chi connectivity index (χ1v) is 14.8. The first-order valence-electron chi connectivity index (χ1n) is 8.93. The minimum atomic E-state index is -3.73. The molecule has 0 aliphatic carbocycles. The fourth-order valence-corrected chi connectivity index (χ4v) is 9.70. The van der Waals surface area contributed by atoms with Crippen molar-refractivity contribution in [3.63, 3.8) is 0 Å². The van der Waals surface area contributed by atoms with E-state index in [2.05, 4.69) is 13.8 Å². The van der Waals surface area contributed by atoms with Crippen LogP contribution in [0.2, 0.25) is 9.45 Å². The SMILES string of the molecule is CCCCCCC[CH2][Ti]([CH2]CCCCCCC)[P](=O)(O)O. The normalized spacial score (nSPS) is 11.8. The van der Waals surface area contributed by atoms with Gasteiger partial charge in [0.05, 0.1) is 0 Å². The average Bonchev–Trinajstić information content (AvgIpc) is 2.42. The first-order chi connectivity index (χ1) is 10.0. The zero-order chi connectivity index (χ0) is 16.0. The van der Waals surface area contributed by atoms with E-state index in [0.29, 0.717) is 0 Å². The second-order valence-corrected chi connectivity index (χ2v) is 15.9. The topological polar surface area (TPSA) is 57.5 Å². The summed E-state index contributed by atoms with van der Waals surface area (Å²) in [6.07, 6.45) is 14.5. The van der Waals surface area contributed by atoms with E-state index < -0.39 is 22.9 Å². The minimum absolute atomic E-state index is 0.866. The van der Waals surface area contributed by atoms with Crippen LogP contribution in [0.15, 0.2) is 0 Å². The molecule has 2 N–H and O–H groups in total. The molecule has 0 fully saturated rings. The molecule has 3 nitrogen and oxygen atoms in total. The zero-order valence-corrected chi connectivity index (χ0v) is 16.6. The summed E-state index contributed by atoms with van der Waals surface area (Å²) in [7, 11) is 0. The summed E-state index contributed by atoms with van der Waals surface area (Å²) < 4.78 is 13.4. The molecule has 0 aromatic heterocycles. The molecule has 0 bridgehead atoms. The molecular weight excluding hydrogens is 319 g/mol. The van der Waals surface area contributed by atoms with Crippen molar-refractivity contribution < 1.29 is 31.7 Å². The van der Waals surface area contributed by atoms with Crippen LogP contribution in [0.3, 0.4) is 0 Å². The molecule has 0 rings (SSSR count). The van der Waals surface area contributed by atoms with Crippen molar-refractivity contribution in [2.45, 2.75) is 100 Å². The van der Waals surface area contributed by atoms with E-state index in [4.69, 9.17) is 0 Å². The maximum absolute atomic E-state index is 11.6. The van der Waals surface area contributed by atoms with Gasteiger partial charge >= 0.3 is 138 Å². The van der Waals surface area contributed by atoms with Gasteiger partial charge in [-0.15, -0.1) is 0 Å². The van der Waals surface area contributed by atoms with Gasteiger partial charge in [-0.1, -0.05) is 0 Å². The van der Waals surface area contributed by atoms with Crippen LogP contribution < -0.4 is 0 Å². The molecular formula is C16H36O3PTi. The fourth-order valence-electron chi connectivity index (χ4n) is 2.64. The number of unbranched alkanes of at least 4 members (excludes halogenated alkanes) is 10. The molecule has 5 heteroatoms. The van der Waals surface area contributed by atoms with Gasteiger partial charge in [0.1, 0.15) is 0 Å². The summed E-state index contributed by atoms with van der Waals surface area (Å²) in [5.74, 6) is 0. The van der Waals surface area contributed by atoms with Crippen LogP contribution in [0.25, 0.3) is 0 Å². The van der Waals surface area contributed by atoms with Crippen LogP contribution in [-0.4, -0.2) is 9.79 Å². The predicted molar refractivity (Wildman–Crippen MR) is 88.4 cm³/mol. The molecule has 127 valence electrons. The maximum atomic E-state index is 11.6. The van der Waals surface area contributed by atoms with Crippen LogP contribution in [0.5, 0.6) is 0 Å². The van der Waals surface area contributed by atoms with Crippen LogP contribution in [0.4, 0.5) is 0 Å². The third kappa shape index (κ3) is 14.2. The summed E-state index contributed by atoms with van der Waals surface area (Å²) in [5.41, 5.74) is -3.73. The average molecular weight is 355 g/mol. The van der Waals surface area contributed by atoms with Crippen molar-refractivity contribution >= 4 is 5.59 Å². The number of hydrogen-bond donors (Lipinski definition) is 2.